The minimum atomic E-state index is -0.677. The summed E-state index contributed by atoms with van der Waals surface area (Å²) in [6.07, 6.45) is 4.07. The Hall–Kier alpha value is -3.18. The van der Waals surface area contributed by atoms with Crippen LogP contribution in [0.2, 0.25) is 0 Å². The largest absolute Gasteiger partial charge is 0.357 e. The van der Waals surface area contributed by atoms with Gasteiger partial charge in [-0.1, -0.05) is 38.3 Å². The van der Waals surface area contributed by atoms with E-state index in [0.29, 0.717) is 27.3 Å². The fourth-order valence-corrected chi connectivity index (χ4v) is 5.13. The lowest BCUT2D eigenvalue weighted by Crippen LogP contribution is -2.02. The zero-order valence-electron chi connectivity index (χ0n) is 16.7. The fraction of sp³-hybridized carbons (Fsp3) is 0.300. The molecule has 0 atom stereocenters. The Balaban J connectivity index is 2.05. The highest BCUT2D eigenvalue weighted by atomic mass is 32.1. The molecule has 0 fully saturated rings. The molecule has 3 aromatic heterocycles. The highest BCUT2D eigenvalue weighted by Crippen LogP contribution is 2.50. The van der Waals surface area contributed by atoms with Gasteiger partial charge in [0, 0.05) is 9.75 Å². The molecule has 0 unspecified atom stereocenters. The van der Waals surface area contributed by atoms with E-state index in [1.807, 2.05) is 0 Å². The standard InChI is InChI=1S/C20H19N5O4S2/c1-2-3-4-5-10-23-21-17-15(13-8-6-11-30-13)19(24(26)27)20(25(28)29)16(18(17)22-23)14-9-7-12-31-14/h6-9,11-12H,2-5,10H2,1H3. The number of unbranched alkanes of at least 4 members (excludes halogenated alkanes) is 3. The number of nitrogens with zero attached hydrogens (tertiary/aromatic N) is 5. The van der Waals surface area contributed by atoms with E-state index < -0.39 is 21.2 Å². The lowest BCUT2D eigenvalue weighted by atomic mass is 10.0. The lowest BCUT2D eigenvalue weighted by molar-refractivity contribution is -0.421. The van der Waals surface area contributed by atoms with Gasteiger partial charge in [0.25, 0.3) is 0 Å². The summed E-state index contributed by atoms with van der Waals surface area (Å²) in [6, 6.07) is 6.93. The maximum absolute atomic E-state index is 12.1. The monoisotopic (exact) mass is 457 g/mol. The van der Waals surface area contributed by atoms with E-state index in [1.54, 1.807) is 35.0 Å². The topological polar surface area (TPSA) is 117 Å². The summed E-state index contributed by atoms with van der Waals surface area (Å²) in [4.78, 5) is 25.5. The summed E-state index contributed by atoms with van der Waals surface area (Å²) >= 11 is 2.56. The molecule has 0 spiro atoms. The molecule has 4 rings (SSSR count). The molecule has 0 saturated heterocycles. The van der Waals surface area contributed by atoms with Crippen LogP contribution in [-0.4, -0.2) is 24.8 Å². The van der Waals surface area contributed by atoms with E-state index in [9.17, 15) is 20.2 Å². The van der Waals surface area contributed by atoms with Gasteiger partial charge in [-0.25, -0.2) is 0 Å². The third-order valence-electron chi connectivity index (χ3n) is 4.94. The molecule has 0 amide bonds. The van der Waals surface area contributed by atoms with Crippen molar-refractivity contribution in [1.29, 1.82) is 0 Å². The SMILES string of the molecule is CCCCCCn1nc2c(-c3cccs3)c([N+](=O)[O-])c([N+](=O)[O-])c(-c3cccs3)c2n1. The van der Waals surface area contributed by atoms with Crippen molar-refractivity contribution < 1.29 is 9.85 Å². The summed E-state index contributed by atoms with van der Waals surface area (Å²) in [6.45, 7) is 2.67. The van der Waals surface area contributed by atoms with Gasteiger partial charge in [-0.3, -0.25) is 20.2 Å². The summed E-state index contributed by atoms with van der Waals surface area (Å²) in [5.74, 6) is 0. The number of nitro groups is 2. The Kier molecular flexibility index (Phi) is 6.05. The second-order valence-electron chi connectivity index (χ2n) is 6.97. The lowest BCUT2D eigenvalue weighted by Gasteiger charge is -2.07. The van der Waals surface area contributed by atoms with Crippen LogP contribution in [0.1, 0.15) is 32.6 Å². The number of rotatable bonds is 9. The molecule has 0 bridgehead atoms. The molecule has 0 aliphatic rings. The maximum Gasteiger partial charge on any atom is 0.357 e. The van der Waals surface area contributed by atoms with Crippen LogP contribution < -0.4 is 0 Å². The number of fused-ring (bicyclic) bond motifs is 1. The van der Waals surface area contributed by atoms with Gasteiger partial charge < -0.3 is 0 Å². The summed E-state index contributed by atoms with van der Waals surface area (Å²) in [7, 11) is 0. The molecule has 11 heteroatoms. The Morgan fingerprint density at radius 2 is 1.39 bits per heavy atom. The summed E-state index contributed by atoms with van der Waals surface area (Å²) in [5, 5.41) is 36.9. The first-order valence-electron chi connectivity index (χ1n) is 9.84. The minimum Gasteiger partial charge on any atom is -0.258 e. The van der Waals surface area contributed by atoms with Gasteiger partial charge in [0.2, 0.25) is 0 Å². The van der Waals surface area contributed by atoms with Gasteiger partial charge in [0.1, 0.15) is 22.2 Å². The van der Waals surface area contributed by atoms with Gasteiger partial charge in [0.05, 0.1) is 16.4 Å². The van der Waals surface area contributed by atoms with Crippen molar-refractivity contribution in [3.8, 4) is 20.9 Å². The summed E-state index contributed by atoms with van der Waals surface area (Å²) in [5.41, 5.74) is -0.135. The van der Waals surface area contributed by atoms with Gasteiger partial charge in [-0.2, -0.15) is 15.0 Å². The van der Waals surface area contributed by atoms with Crippen molar-refractivity contribution >= 4 is 45.1 Å². The Labute approximate surface area is 185 Å². The number of nitro benzene ring substituents is 2. The van der Waals surface area contributed by atoms with Crippen molar-refractivity contribution in [3.63, 3.8) is 0 Å². The van der Waals surface area contributed by atoms with Crippen molar-refractivity contribution in [2.45, 2.75) is 39.2 Å². The molecule has 160 valence electrons. The first-order chi connectivity index (χ1) is 15.0. The Bertz CT molecular complexity index is 1140. The number of hydrogen-bond donors (Lipinski definition) is 0. The van der Waals surface area contributed by atoms with Gasteiger partial charge in [-0.05, 0) is 29.3 Å². The van der Waals surface area contributed by atoms with Crippen molar-refractivity contribution in [1.82, 2.24) is 15.0 Å². The predicted octanol–water partition coefficient (Wildman–Crippen LogP) is 6.29. The fourth-order valence-electron chi connectivity index (χ4n) is 3.59. The van der Waals surface area contributed by atoms with Crippen LogP contribution in [0.4, 0.5) is 11.4 Å². The molecule has 0 radical (unpaired) electrons. The quantitative estimate of drug-likeness (QED) is 0.166. The third-order valence-corrected chi connectivity index (χ3v) is 6.71. The van der Waals surface area contributed by atoms with Crippen LogP contribution in [0.15, 0.2) is 35.0 Å². The normalized spacial score (nSPS) is 11.3. The zero-order chi connectivity index (χ0) is 22.0. The van der Waals surface area contributed by atoms with Crippen molar-refractivity contribution in [2.75, 3.05) is 0 Å². The van der Waals surface area contributed by atoms with Gasteiger partial charge in [0.15, 0.2) is 0 Å². The third kappa shape index (κ3) is 3.93. The van der Waals surface area contributed by atoms with E-state index in [4.69, 9.17) is 0 Å². The molecule has 0 aliphatic carbocycles. The van der Waals surface area contributed by atoms with E-state index >= 15 is 0 Å². The highest BCUT2D eigenvalue weighted by molar-refractivity contribution is 7.14. The molecule has 1 aromatic carbocycles. The molecule has 3 heterocycles. The molecule has 0 N–H and O–H groups in total. The van der Waals surface area contributed by atoms with Crippen LogP contribution in [-0.2, 0) is 6.54 Å². The number of thiophene rings is 2. The second kappa shape index (κ2) is 8.90. The second-order valence-corrected chi connectivity index (χ2v) is 8.87. The van der Waals surface area contributed by atoms with Gasteiger partial charge in [-0.15, -0.1) is 22.7 Å². The van der Waals surface area contributed by atoms with Gasteiger partial charge >= 0.3 is 11.4 Å². The molecule has 9 nitrogen and oxygen atoms in total. The first-order valence-corrected chi connectivity index (χ1v) is 11.6. The molecular formula is C20H19N5O4S2. The van der Waals surface area contributed by atoms with E-state index in [1.165, 1.54) is 27.5 Å². The van der Waals surface area contributed by atoms with Crippen LogP contribution in [0, 0.1) is 20.2 Å². The van der Waals surface area contributed by atoms with Crippen molar-refractivity contribution in [2.24, 2.45) is 0 Å². The maximum atomic E-state index is 12.1. The van der Waals surface area contributed by atoms with E-state index in [2.05, 4.69) is 17.1 Å². The molecule has 31 heavy (non-hydrogen) atoms. The zero-order valence-corrected chi connectivity index (χ0v) is 18.3. The molecular weight excluding hydrogens is 438 g/mol. The van der Waals surface area contributed by atoms with Crippen LogP contribution in [0.25, 0.3) is 31.9 Å². The van der Waals surface area contributed by atoms with Crippen LogP contribution >= 0.6 is 22.7 Å². The smallest absolute Gasteiger partial charge is 0.258 e. The Morgan fingerprint density at radius 1 is 0.871 bits per heavy atom. The average molecular weight is 458 g/mol. The van der Waals surface area contributed by atoms with E-state index in [-0.39, 0.29) is 11.1 Å². The number of aromatic nitrogens is 3. The number of aryl methyl sites for hydroxylation is 1. The molecule has 0 saturated carbocycles. The molecule has 0 aliphatic heterocycles. The summed E-state index contributed by atoms with van der Waals surface area (Å²) < 4.78 is 0. The van der Waals surface area contributed by atoms with E-state index in [0.717, 1.165) is 25.7 Å². The molecule has 4 aromatic rings. The number of benzene rings is 1. The highest BCUT2D eigenvalue weighted by Gasteiger charge is 2.39. The predicted molar refractivity (Wildman–Crippen MR) is 122 cm³/mol. The number of hydrogen-bond acceptors (Lipinski definition) is 8. The van der Waals surface area contributed by atoms with Crippen molar-refractivity contribution in [3.05, 3.63) is 55.3 Å². The first kappa shape index (κ1) is 21.1. The Morgan fingerprint density at radius 3 is 1.77 bits per heavy atom. The minimum absolute atomic E-state index is 0.154. The van der Waals surface area contributed by atoms with Crippen LogP contribution in [0.5, 0.6) is 0 Å². The van der Waals surface area contributed by atoms with Crippen LogP contribution in [0.3, 0.4) is 0 Å². The average Bonchev–Trinajstić information content (AvgIpc) is 3.50.